The summed E-state index contributed by atoms with van der Waals surface area (Å²) in [5.74, 6) is 0.576. The van der Waals surface area contributed by atoms with Crippen molar-refractivity contribution < 1.29 is 13.2 Å². The normalized spacial score (nSPS) is 12.3. The monoisotopic (exact) mass is 362 g/mol. The zero-order chi connectivity index (χ0) is 17.0. The number of methoxy groups -OCH3 is 1. The number of hydrogen-bond acceptors (Lipinski definition) is 6. The van der Waals surface area contributed by atoms with Crippen LogP contribution in [0, 0.1) is 0 Å². The van der Waals surface area contributed by atoms with Crippen LogP contribution in [0.25, 0.3) is 0 Å². The standard InChI is InChI=1S/C15H14N4O3S2/c1-22-13-7-9-14(10-8-13)24(20,21)16-15-19(17-18-23-15)11-12-5-3-2-4-6-12/h2-10H,11H2,1H3/b16-15-. The molecule has 0 N–H and O–H groups in total. The maximum atomic E-state index is 12.4. The van der Waals surface area contributed by atoms with Crippen molar-refractivity contribution in [2.75, 3.05) is 7.11 Å². The van der Waals surface area contributed by atoms with Gasteiger partial charge in [-0.2, -0.15) is 8.42 Å². The van der Waals surface area contributed by atoms with E-state index < -0.39 is 10.0 Å². The Labute approximate surface area is 143 Å². The Kier molecular flexibility index (Phi) is 4.72. The number of rotatable bonds is 5. The van der Waals surface area contributed by atoms with Crippen molar-refractivity contribution in [3.05, 3.63) is 65.0 Å². The summed E-state index contributed by atoms with van der Waals surface area (Å²) in [7, 11) is -2.33. The van der Waals surface area contributed by atoms with Crippen LogP contribution >= 0.6 is 11.5 Å². The van der Waals surface area contributed by atoms with Crippen molar-refractivity contribution >= 4 is 21.6 Å². The number of hydrogen-bond donors (Lipinski definition) is 0. The third kappa shape index (κ3) is 3.69. The molecule has 3 rings (SSSR count). The van der Waals surface area contributed by atoms with E-state index in [0.717, 1.165) is 17.1 Å². The van der Waals surface area contributed by atoms with Crippen molar-refractivity contribution in [2.24, 2.45) is 4.40 Å². The fraction of sp³-hybridized carbons (Fsp3) is 0.133. The lowest BCUT2D eigenvalue weighted by atomic mass is 10.2. The number of sulfonamides is 1. The number of benzene rings is 2. The van der Waals surface area contributed by atoms with Gasteiger partial charge in [-0.05, 0) is 29.8 Å². The predicted octanol–water partition coefficient (Wildman–Crippen LogP) is 1.69. The highest BCUT2D eigenvalue weighted by Gasteiger charge is 2.14. The van der Waals surface area contributed by atoms with Crippen LogP contribution in [0.4, 0.5) is 0 Å². The highest BCUT2D eigenvalue weighted by molar-refractivity contribution is 7.90. The first-order chi connectivity index (χ1) is 11.6. The molecule has 0 aliphatic carbocycles. The lowest BCUT2D eigenvalue weighted by molar-refractivity contribution is 0.414. The summed E-state index contributed by atoms with van der Waals surface area (Å²) >= 11 is 0.929. The molecule has 7 nitrogen and oxygen atoms in total. The van der Waals surface area contributed by atoms with E-state index in [-0.39, 0.29) is 9.70 Å². The van der Waals surface area contributed by atoms with Gasteiger partial charge in [-0.1, -0.05) is 40.0 Å². The summed E-state index contributed by atoms with van der Waals surface area (Å²) in [6, 6.07) is 15.6. The van der Waals surface area contributed by atoms with Gasteiger partial charge in [0.2, 0.25) is 4.80 Å². The molecule has 0 aliphatic heterocycles. The van der Waals surface area contributed by atoms with E-state index in [1.54, 1.807) is 12.1 Å². The average Bonchev–Trinajstić information content (AvgIpc) is 3.02. The molecule has 124 valence electrons. The second-order valence-electron chi connectivity index (χ2n) is 4.83. The highest BCUT2D eigenvalue weighted by atomic mass is 32.2. The molecule has 9 heteroatoms. The molecule has 0 radical (unpaired) electrons. The van der Waals surface area contributed by atoms with Gasteiger partial charge in [0.15, 0.2) is 0 Å². The maximum absolute atomic E-state index is 12.4. The van der Waals surface area contributed by atoms with Crippen molar-refractivity contribution in [1.29, 1.82) is 0 Å². The van der Waals surface area contributed by atoms with Crippen molar-refractivity contribution in [3.8, 4) is 5.75 Å². The minimum Gasteiger partial charge on any atom is -0.497 e. The van der Waals surface area contributed by atoms with Crippen LogP contribution in [0.2, 0.25) is 0 Å². The second-order valence-corrected chi connectivity index (χ2v) is 7.15. The largest absolute Gasteiger partial charge is 0.497 e. The molecule has 0 saturated carbocycles. The van der Waals surface area contributed by atoms with Crippen LogP contribution in [0.3, 0.4) is 0 Å². The van der Waals surface area contributed by atoms with Crippen molar-refractivity contribution in [1.82, 2.24) is 14.4 Å². The van der Waals surface area contributed by atoms with E-state index in [0.29, 0.717) is 12.3 Å². The van der Waals surface area contributed by atoms with Gasteiger partial charge < -0.3 is 4.74 Å². The minimum absolute atomic E-state index is 0.0861. The summed E-state index contributed by atoms with van der Waals surface area (Å²) in [5.41, 5.74) is 0.980. The topological polar surface area (TPSA) is 86.4 Å². The van der Waals surface area contributed by atoms with Crippen LogP contribution in [-0.2, 0) is 16.6 Å². The maximum Gasteiger partial charge on any atom is 0.285 e. The summed E-state index contributed by atoms with van der Waals surface area (Å²) in [4.78, 5) is 0.303. The quantitative estimate of drug-likeness (QED) is 0.689. The fourth-order valence-corrected chi connectivity index (χ4v) is 3.71. The molecule has 2 aromatic carbocycles. The lowest BCUT2D eigenvalue weighted by Gasteiger charge is -2.02. The third-order valence-corrected chi connectivity index (χ3v) is 5.24. The molecule has 1 aromatic heterocycles. The summed E-state index contributed by atoms with van der Waals surface area (Å²) < 4.78 is 39.0. The summed E-state index contributed by atoms with van der Waals surface area (Å²) in [6.45, 7) is 0.397. The first kappa shape index (κ1) is 16.3. The zero-order valence-electron chi connectivity index (χ0n) is 12.7. The molecule has 0 unspecified atom stereocenters. The molecule has 3 aromatic rings. The SMILES string of the molecule is COc1ccc(S(=O)(=O)/N=c2\snnn2Cc2ccccc2)cc1. The Hall–Kier alpha value is -2.52. The Bertz CT molecular complexity index is 977. The van der Waals surface area contributed by atoms with Crippen LogP contribution in [0.5, 0.6) is 5.75 Å². The second kappa shape index (κ2) is 6.93. The molecule has 0 saturated heterocycles. The van der Waals surface area contributed by atoms with E-state index in [2.05, 4.69) is 14.1 Å². The van der Waals surface area contributed by atoms with Gasteiger partial charge in [0.1, 0.15) is 5.75 Å². The number of ether oxygens (including phenoxy) is 1. The van der Waals surface area contributed by atoms with E-state index in [1.165, 1.54) is 23.9 Å². The molecule has 0 amide bonds. The highest BCUT2D eigenvalue weighted by Crippen LogP contribution is 2.17. The van der Waals surface area contributed by atoms with Crippen LogP contribution in [0.1, 0.15) is 5.56 Å². The molecule has 1 heterocycles. The van der Waals surface area contributed by atoms with Crippen molar-refractivity contribution in [3.63, 3.8) is 0 Å². The number of aromatic nitrogens is 3. The Morgan fingerprint density at radius 2 is 1.83 bits per heavy atom. The first-order valence-corrected chi connectivity index (χ1v) is 9.18. The van der Waals surface area contributed by atoms with E-state index in [4.69, 9.17) is 4.74 Å². The summed E-state index contributed by atoms with van der Waals surface area (Å²) in [5, 5.41) is 3.92. The molecule has 24 heavy (non-hydrogen) atoms. The number of nitrogens with zero attached hydrogens (tertiary/aromatic N) is 4. The van der Waals surface area contributed by atoms with Gasteiger partial charge in [0.25, 0.3) is 10.0 Å². The molecule has 0 spiro atoms. The first-order valence-electron chi connectivity index (χ1n) is 6.97. The van der Waals surface area contributed by atoms with E-state index in [1.807, 2.05) is 30.3 Å². The van der Waals surface area contributed by atoms with Crippen LogP contribution < -0.4 is 9.54 Å². The predicted molar refractivity (Wildman–Crippen MR) is 89.2 cm³/mol. The average molecular weight is 362 g/mol. The van der Waals surface area contributed by atoms with Gasteiger partial charge in [-0.15, -0.1) is 4.40 Å². The van der Waals surface area contributed by atoms with Gasteiger partial charge >= 0.3 is 0 Å². The van der Waals surface area contributed by atoms with Gasteiger partial charge in [-0.25, -0.2) is 4.68 Å². The Balaban J connectivity index is 1.94. The third-order valence-electron chi connectivity index (χ3n) is 3.22. The molecule has 0 bridgehead atoms. The van der Waals surface area contributed by atoms with E-state index in [9.17, 15) is 8.42 Å². The van der Waals surface area contributed by atoms with Crippen molar-refractivity contribution in [2.45, 2.75) is 11.4 Å². The van der Waals surface area contributed by atoms with E-state index >= 15 is 0 Å². The van der Waals surface area contributed by atoms with Gasteiger partial charge in [0.05, 0.1) is 18.6 Å². The smallest absolute Gasteiger partial charge is 0.285 e. The molecular weight excluding hydrogens is 348 g/mol. The van der Waals surface area contributed by atoms with Gasteiger partial charge in [-0.3, -0.25) is 0 Å². The van der Waals surface area contributed by atoms with Crippen LogP contribution in [0.15, 0.2) is 63.9 Å². The minimum atomic E-state index is -3.84. The summed E-state index contributed by atoms with van der Waals surface area (Å²) in [6.07, 6.45) is 0. The lowest BCUT2D eigenvalue weighted by Crippen LogP contribution is -2.19. The van der Waals surface area contributed by atoms with Gasteiger partial charge in [0, 0.05) is 11.5 Å². The molecule has 0 atom stereocenters. The van der Waals surface area contributed by atoms with Crippen LogP contribution in [-0.4, -0.2) is 29.9 Å². The molecule has 0 fully saturated rings. The fourth-order valence-electron chi connectivity index (χ4n) is 2.01. The zero-order valence-corrected chi connectivity index (χ0v) is 14.4. The molecule has 0 aliphatic rings. The molecular formula is C15H14N4O3S2. The Morgan fingerprint density at radius 3 is 2.50 bits per heavy atom. The Morgan fingerprint density at radius 1 is 1.12 bits per heavy atom.